The highest BCUT2D eigenvalue weighted by Crippen LogP contribution is 2.15. The van der Waals surface area contributed by atoms with E-state index in [1.54, 1.807) is 18.5 Å². The van der Waals surface area contributed by atoms with Crippen LogP contribution in [-0.2, 0) is 4.74 Å². The molecular weight excluding hydrogens is 202 g/mol. The molecule has 5 nitrogen and oxygen atoms in total. The number of carbonyl (C=O) groups excluding carboxylic acids is 1. The van der Waals surface area contributed by atoms with Crippen LogP contribution in [0.1, 0.15) is 17.4 Å². The number of nitrogens with one attached hydrogen (secondary N) is 1. The molecule has 1 atom stereocenters. The topological polar surface area (TPSA) is 75.0 Å². The van der Waals surface area contributed by atoms with E-state index in [1.807, 2.05) is 0 Å². The lowest BCUT2D eigenvalue weighted by molar-refractivity contribution is 0.0429. The summed E-state index contributed by atoms with van der Waals surface area (Å²) in [5.74, 6) is -0.572. The third-order valence-corrected chi connectivity index (χ3v) is 2.25. The SMILES string of the molecule is CNc1nc(C(=O)OC(C)C#N)cs1. The molecule has 0 amide bonds. The van der Waals surface area contributed by atoms with Gasteiger partial charge in [-0.3, -0.25) is 0 Å². The molecule has 0 aromatic carbocycles. The van der Waals surface area contributed by atoms with E-state index in [0.717, 1.165) is 0 Å². The number of hydrogen-bond acceptors (Lipinski definition) is 6. The summed E-state index contributed by atoms with van der Waals surface area (Å²) >= 11 is 1.31. The first-order valence-corrected chi connectivity index (χ1v) is 4.79. The third kappa shape index (κ3) is 2.44. The lowest BCUT2D eigenvalue weighted by Crippen LogP contribution is -2.13. The molecule has 74 valence electrons. The van der Waals surface area contributed by atoms with Crippen molar-refractivity contribution in [2.24, 2.45) is 0 Å². The molecule has 1 N–H and O–H groups in total. The molecular formula is C8H9N3O2S. The summed E-state index contributed by atoms with van der Waals surface area (Å²) in [6.45, 7) is 1.50. The van der Waals surface area contributed by atoms with E-state index in [9.17, 15) is 4.79 Å². The lowest BCUT2D eigenvalue weighted by atomic mass is 10.4. The Morgan fingerprint density at radius 3 is 3.07 bits per heavy atom. The predicted octanol–water partition coefficient (Wildman–Crippen LogP) is 1.25. The van der Waals surface area contributed by atoms with Crippen LogP contribution >= 0.6 is 11.3 Å². The smallest absolute Gasteiger partial charge is 0.359 e. The summed E-state index contributed by atoms with van der Waals surface area (Å²) in [4.78, 5) is 15.2. The number of nitriles is 1. The third-order valence-electron chi connectivity index (χ3n) is 1.39. The molecule has 0 fully saturated rings. The molecule has 1 aromatic heterocycles. The second-order valence-corrected chi connectivity index (χ2v) is 3.32. The number of carbonyl (C=O) groups is 1. The second-order valence-electron chi connectivity index (χ2n) is 2.46. The van der Waals surface area contributed by atoms with E-state index >= 15 is 0 Å². The number of rotatable bonds is 3. The van der Waals surface area contributed by atoms with Crippen molar-refractivity contribution < 1.29 is 9.53 Å². The van der Waals surface area contributed by atoms with Crippen molar-refractivity contribution in [3.63, 3.8) is 0 Å². The number of anilines is 1. The molecule has 14 heavy (non-hydrogen) atoms. The van der Waals surface area contributed by atoms with Gasteiger partial charge >= 0.3 is 5.97 Å². The first kappa shape index (κ1) is 10.5. The molecule has 0 aliphatic heterocycles. The van der Waals surface area contributed by atoms with Gasteiger partial charge in [0.25, 0.3) is 0 Å². The van der Waals surface area contributed by atoms with Crippen molar-refractivity contribution in [2.75, 3.05) is 12.4 Å². The van der Waals surface area contributed by atoms with Crippen LogP contribution in [0.3, 0.4) is 0 Å². The average molecular weight is 211 g/mol. The normalized spacial score (nSPS) is 11.5. The Morgan fingerprint density at radius 1 is 1.86 bits per heavy atom. The van der Waals surface area contributed by atoms with Gasteiger partial charge in [0.2, 0.25) is 0 Å². The van der Waals surface area contributed by atoms with Gasteiger partial charge in [-0.2, -0.15) is 5.26 Å². The Balaban J connectivity index is 2.66. The van der Waals surface area contributed by atoms with Gasteiger partial charge in [0, 0.05) is 12.4 Å². The first-order chi connectivity index (χ1) is 6.67. The van der Waals surface area contributed by atoms with Crippen molar-refractivity contribution in [3.8, 4) is 6.07 Å². The maximum absolute atomic E-state index is 11.3. The second kappa shape index (κ2) is 4.58. The molecule has 0 spiro atoms. The number of esters is 1. The quantitative estimate of drug-likeness (QED) is 0.761. The Kier molecular flexibility index (Phi) is 3.42. The van der Waals surface area contributed by atoms with Crippen LogP contribution in [0.15, 0.2) is 5.38 Å². The molecule has 1 rings (SSSR count). The van der Waals surface area contributed by atoms with Crippen LogP contribution in [0.25, 0.3) is 0 Å². The minimum absolute atomic E-state index is 0.224. The van der Waals surface area contributed by atoms with Crippen LogP contribution in [0.2, 0.25) is 0 Å². The molecule has 1 heterocycles. The molecule has 1 unspecified atom stereocenters. The van der Waals surface area contributed by atoms with Crippen LogP contribution in [0.4, 0.5) is 5.13 Å². The van der Waals surface area contributed by atoms with Gasteiger partial charge in [-0.25, -0.2) is 9.78 Å². The van der Waals surface area contributed by atoms with E-state index in [2.05, 4.69) is 10.3 Å². The summed E-state index contributed by atoms with van der Waals surface area (Å²) in [5, 5.41) is 13.5. The fourth-order valence-electron chi connectivity index (χ4n) is 0.730. The predicted molar refractivity (Wildman–Crippen MR) is 52.2 cm³/mol. The van der Waals surface area contributed by atoms with E-state index < -0.39 is 12.1 Å². The van der Waals surface area contributed by atoms with Crippen LogP contribution in [0.5, 0.6) is 0 Å². The number of ether oxygens (including phenoxy) is 1. The molecule has 0 radical (unpaired) electrons. The highest BCUT2D eigenvalue weighted by Gasteiger charge is 2.14. The highest BCUT2D eigenvalue weighted by molar-refractivity contribution is 7.13. The molecule has 0 saturated carbocycles. The maximum atomic E-state index is 11.3. The number of nitrogens with zero attached hydrogens (tertiary/aromatic N) is 2. The molecule has 6 heteroatoms. The Labute approximate surface area is 85.3 Å². The Hall–Kier alpha value is -1.61. The minimum atomic E-state index is -0.748. The van der Waals surface area contributed by atoms with Crippen molar-refractivity contribution >= 4 is 22.4 Å². The zero-order valence-corrected chi connectivity index (χ0v) is 8.59. The lowest BCUT2D eigenvalue weighted by Gasteiger charge is -2.02. The first-order valence-electron chi connectivity index (χ1n) is 3.91. The van der Waals surface area contributed by atoms with E-state index in [0.29, 0.717) is 5.13 Å². The minimum Gasteiger partial charge on any atom is -0.442 e. The van der Waals surface area contributed by atoms with Crippen molar-refractivity contribution in [1.82, 2.24) is 4.98 Å². The molecule has 1 aromatic rings. The van der Waals surface area contributed by atoms with Gasteiger partial charge < -0.3 is 10.1 Å². The van der Waals surface area contributed by atoms with Crippen molar-refractivity contribution in [3.05, 3.63) is 11.1 Å². The molecule has 0 saturated heterocycles. The number of aromatic nitrogens is 1. The van der Waals surface area contributed by atoms with E-state index in [1.165, 1.54) is 18.3 Å². The van der Waals surface area contributed by atoms with Gasteiger partial charge in [-0.1, -0.05) is 0 Å². The van der Waals surface area contributed by atoms with Gasteiger partial charge in [-0.15, -0.1) is 11.3 Å². The summed E-state index contributed by atoms with van der Waals surface area (Å²) in [6.07, 6.45) is -0.748. The average Bonchev–Trinajstić information content (AvgIpc) is 2.65. The van der Waals surface area contributed by atoms with E-state index in [4.69, 9.17) is 10.00 Å². The van der Waals surface area contributed by atoms with Crippen molar-refractivity contribution in [2.45, 2.75) is 13.0 Å². The molecule has 0 bridgehead atoms. The zero-order valence-electron chi connectivity index (χ0n) is 7.77. The molecule has 0 aliphatic carbocycles. The van der Waals surface area contributed by atoms with Crippen molar-refractivity contribution in [1.29, 1.82) is 5.26 Å². The summed E-state index contributed by atoms with van der Waals surface area (Å²) in [6, 6.07) is 1.80. The molecule has 0 aliphatic rings. The van der Waals surface area contributed by atoms with Gasteiger partial charge in [0.15, 0.2) is 16.9 Å². The fourth-order valence-corrected chi connectivity index (χ4v) is 1.37. The Bertz CT molecular complexity index is 369. The van der Waals surface area contributed by atoms with Crippen LogP contribution in [0, 0.1) is 11.3 Å². The summed E-state index contributed by atoms with van der Waals surface area (Å²) in [7, 11) is 1.71. The number of hydrogen-bond donors (Lipinski definition) is 1. The van der Waals surface area contributed by atoms with Gasteiger partial charge in [0.1, 0.15) is 6.07 Å². The Morgan fingerprint density at radius 2 is 2.57 bits per heavy atom. The number of thiazole rings is 1. The van der Waals surface area contributed by atoms with Crippen LogP contribution in [-0.4, -0.2) is 24.1 Å². The fraction of sp³-hybridized carbons (Fsp3) is 0.375. The monoisotopic (exact) mass is 211 g/mol. The highest BCUT2D eigenvalue weighted by atomic mass is 32.1. The van der Waals surface area contributed by atoms with Gasteiger partial charge in [-0.05, 0) is 6.92 Å². The standard InChI is InChI=1S/C8H9N3O2S/c1-5(3-9)13-7(12)6-4-14-8(10-2)11-6/h4-5H,1-2H3,(H,10,11). The van der Waals surface area contributed by atoms with Gasteiger partial charge in [0.05, 0.1) is 0 Å². The van der Waals surface area contributed by atoms with E-state index in [-0.39, 0.29) is 5.69 Å². The zero-order chi connectivity index (χ0) is 10.6. The van der Waals surface area contributed by atoms with Crippen LogP contribution < -0.4 is 5.32 Å². The largest absolute Gasteiger partial charge is 0.442 e. The summed E-state index contributed by atoms with van der Waals surface area (Å²) < 4.78 is 4.76. The summed E-state index contributed by atoms with van der Waals surface area (Å²) in [5.41, 5.74) is 0.224. The maximum Gasteiger partial charge on any atom is 0.359 e.